The fraction of sp³-hybridized carbons (Fsp3) is 0.618. The minimum Gasteiger partial charge on any atom is -0.394 e. The summed E-state index contributed by atoms with van der Waals surface area (Å²) in [6.07, 6.45) is 7.36. The van der Waals surface area contributed by atoms with Gasteiger partial charge >= 0.3 is 0 Å². The number of amides is 3. The molecule has 3 fully saturated rings. The molecule has 0 radical (unpaired) electrons. The van der Waals surface area contributed by atoms with Crippen molar-refractivity contribution < 1.29 is 24.2 Å². The lowest BCUT2D eigenvalue weighted by Crippen LogP contribution is -2.60. The van der Waals surface area contributed by atoms with Gasteiger partial charge in [0.25, 0.3) is 0 Å². The maximum atomic E-state index is 14.7. The molecular formula is C34H49N3O5. The molecule has 8 nitrogen and oxygen atoms in total. The van der Waals surface area contributed by atoms with Crippen molar-refractivity contribution in [2.24, 2.45) is 11.8 Å². The number of hydrogen-bond donors (Lipinski definition) is 1. The number of rotatable bonds is 15. The van der Waals surface area contributed by atoms with Crippen LogP contribution in [-0.2, 0) is 25.5 Å². The summed E-state index contributed by atoms with van der Waals surface area (Å²) < 4.78 is 6.87. The summed E-state index contributed by atoms with van der Waals surface area (Å²) in [5, 5.41) is 10.7. The smallest absolute Gasteiger partial charge is 0.248 e. The van der Waals surface area contributed by atoms with E-state index in [0.717, 1.165) is 24.8 Å². The molecule has 3 unspecified atom stereocenters. The van der Waals surface area contributed by atoms with E-state index in [0.29, 0.717) is 38.9 Å². The normalized spacial score (nSPS) is 29.2. The summed E-state index contributed by atoms with van der Waals surface area (Å²) >= 11 is 0. The first-order valence-electron chi connectivity index (χ1n) is 15.6. The van der Waals surface area contributed by atoms with Gasteiger partial charge in [0, 0.05) is 25.7 Å². The Morgan fingerprint density at radius 2 is 1.81 bits per heavy atom. The molecule has 0 aliphatic carbocycles. The van der Waals surface area contributed by atoms with Crippen molar-refractivity contribution in [3.63, 3.8) is 0 Å². The third-order valence-corrected chi connectivity index (χ3v) is 9.63. The van der Waals surface area contributed by atoms with E-state index < -0.39 is 35.1 Å². The first kappa shape index (κ1) is 32.0. The Morgan fingerprint density at radius 1 is 1.12 bits per heavy atom. The fourth-order valence-electron chi connectivity index (χ4n) is 7.82. The first-order valence-corrected chi connectivity index (χ1v) is 15.6. The SMILES string of the molecule is C=CCN(CCC)C(=O)[C@H]1[C@H]2C(=O)N([C@@H](CO)Cc3ccccc3)C(C(=O)N(CC=C)C(C)CCC)C23CC[C@]1(C)O3. The van der Waals surface area contributed by atoms with Crippen LogP contribution < -0.4 is 0 Å². The Morgan fingerprint density at radius 3 is 2.40 bits per heavy atom. The Hall–Kier alpha value is -2.97. The number of ether oxygens (including phenoxy) is 1. The topological polar surface area (TPSA) is 90.4 Å². The summed E-state index contributed by atoms with van der Waals surface area (Å²) in [7, 11) is 0. The number of likely N-dealkylation sites (tertiary alicyclic amines) is 1. The third-order valence-electron chi connectivity index (χ3n) is 9.63. The standard InChI is InChI=1S/C34H49N3O5/c1-7-14-24(5)36(21-10-4)32(41)29-34-18-17-33(6,42-34)27(30(39)35(19-8-2)20-9-3)28(34)31(40)37(29)26(23-38)22-25-15-12-11-13-16-25/h8,10-13,15-16,24,26-29,38H,2,4,7,9,14,17-23H2,1,3,5-6H3/t24?,26-,27-,28+,29?,33+,34?/m1/s1. The highest BCUT2D eigenvalue weighted by atomic mass is 16.5. The van der Waals surface area contributed by atoms with Gasteiger partial charge in [-0.2, -0.15) is 0 Å². The summed E-state index contributed by atoms with van der Waals surface area (Å²) in [5.41, 5.74) is -1.05. The zero-order valence-corrected chi connectivity index (χ0v) is 25.8. The van der Waals surface area contributed by atoms with Gasteiger partial charge in [-0.25, -0.2) is 0 Å². The Bertz CT molecular complexity index is 1160. The molecular weight excluding hydrogens is 530 g/mol. The molecule has 0 aromatic heterocycles. The summed E-state index contributed by atoms with van der Waals surface area (Å²) in [6.45, 7) is 16.7. The molecule has 3 aliphatic heterocycles. The minimum absolute atomic E-state index is 0.0751. The first-order chi connectivity index (χ1) is 20.1. The second kappa shape index (κ2) is 13.1. The molecule has 0 saturated carbocycles. The predicted octanol–water partition coefficient (Wildman–Crippen LogP) is 3.98. The molecule has 1 spiro atoms. The number of nitrogens with zero attached hydrogens (tertiary/aromatic N) is 3. The van der Waals surface area contributed by atoms with E-state index in [9.17, 15) is 19.5 Å². The van der Waals surface area contributed by atoms with Crippen molar-refractivity contribution in [1.29, 1.82) is 0 Å². The second-order valence-electron chi connectivity index (χ2n) is 12.5. The highest BCUT2D eigenvalue weighted by Gasteiger charge is 2.78. The average Bonchev–Trinajstić information content (AvgIpc) is 3.55. The largest absolute Gasteiger partial charge is 0.394 e. The van der Waals surface area contributed by atoms with Gasteiger partial charge in [0.05, 0.1) is 30.1 Å². The Labute approximate surface area is 251 Å². The summed E-state index contributed by atoms with van der Waals surface area (Å²) in [6, 6.07) is 8.01. The van der Waals surface area contributed by atoms with Gasteiger partial charge in [-0.05, 0) is 51.5 Å². The molecule has 1 aromatic carbocycles. The van der Waals surface area contributed by atoms with Gasteiger partial charge in [-0.15, -0.1) is 13.2 Å². The van der Waals surface area contributed by atoms with Gasteiger partial charge in [-0.3, -0.25) is 14.4 Å². The van der Waals surface area contributed by atoms with E-state index in [2.05, 4.69) is 20.1 Å². The lowest BCUT2D eigenvalue weighted by atomic mass is 9.66. The molecule has 7 atom stereocenters. The summed E-state index contributed by atoms with van der Waals surface area (Å²) in [5.74, 6) is -2.13. The molecule has 1 aromatic rings. The lowest BCUT2D eigenvalue weighted by molar-refractivity contribution is -0.157. The molecule has 3 amide bonds. The van der Waals surface area contributed by atoms with Crippen molar-refractivity contribution in [3.05, 3.63) is 61.2 Å². The Balaban J connectivity index is 1.83. The van der Waals surface area contributed by atoms with Crippen molar-refractivity contribution >= 4 is 17.7 Å². The molecule has 1 N–H and O–H groups in total. The number of benzene rings is 1. The van der Waals surface area contributed by atoms with Crippen LogP contribution in [0.2, 0.25) is 0 Å². The molecule has 2 bridgehead atoms. The number of hydrogen-bond acceptors (Lipinski definition) is 5. The number of aliphatic hydroxyl groups is 1. The molecule has 3 saturated heterocycles. The number of aliphatic hydroxyl groups excluding tert-OH is 1. The van der Waals surface area contributed by atoms with Crippen LogP contribution in [0.15, 0.2) is 55.6 Å². The van der Waals surface area contributed by atoms with Crippen LogP contribution in [-0.4, -0.2) is 93.1 Å². The van der Waals surface area contributed by atoms with Crippen LogP contribution >= 0.6 is 0 Å². The van der Waals surface area contributed by atoms with Crippen LogP contribution in [0.5, 0.6) is 0 Å². The van der Waals surface area contributed by atoms with Crippen molar-refractivity contribution in [2.75, 3.05) is 26.2 Å². The lowest BCUT2D eigenvalue weighted by Gasteiger charge is -2.41. The average molecular weight is 580 g/mol. The molecule has 42 heavy (non-hydrogen) atoms. The van der Waals surface area contributed by atoms with Gasteiger partial charge in [0.2, 0.25) is 17.7 Å². The van der Waals surface area contributed by atoms with Crippen LogP contribution in [0.25, 0.3) is 0 Å². The van der Waals surface area contributed by atoms with Gasteiger partial charge in [0.15, 0.2) is 0 Å². The molecule has 3 aliphatic rings. The Kier molecular flexibility index (Phi) is 9.99. The van der Waals surface area contributed by atoms with Crippen molar-refractivity contribution in [1.82, 2.24) is 14.7 Å². The van der Waals surface area contributed by atoms with Crippen molar-refractivity contribution in [2.45, 2.75) is 95.5 Å². The maximum Gasteiger partial charge on any atom is 0.248 e. The zero-order valence-electron chi connectivity index (χ0n) is 25.8. The minimum atomic E-state index is -1.15. The monoisotopic (exact) mass is 579 g/mol. The number of carbonyl (C=O) groups excluding carboxylic acids is 3. The molecule has 3 heterocycles. The molecule has 230 valence electrons. The van der Waals surface area contributed by atoms with Crippen LogP contribution in [0.1, 0.15) is 65.4 Å². The number of carbonyl (C=O) groups is 3. The van der Waals surface area contributed by atoms with E-state index in [1.165, 1.54) is 0 Å². The number of fused-ring (bicyclic) bond motifs is 1. The van der Waals surface area contributed by atoms with Gasteiger partial charge in [0.1, 0.15) is 11.6 Å². The summed E-state index contributed by atoms with van der Waals surface area (Å²) in [4.78, 5) is 48.8. The zero-order chi connectivity index (χ0) is 30.7. The van der Waals surface area contributed by atoms with E-state index in [1.807, 2.05) is 51.1 Å². The molecule has 4 rings (SSSR count). The fourth-order valence-corrected chi connectivity index (χ4v) is 7.82. The predicted molar refractivity (Wildman–Crippen MR) is 163 cm³/mol. The van der Waals surface area contributed by atoms with E-state index in [1.54, 1.807) is 26.9 Å². The van der Waals surface area contributed by atoms with Crippen molar-refractivity contribution in [3.8, 4) is 0 Å². The molecule has 8 heteroatoms. The van der Waals surface area contributed by atoms with Gasteiger partial charge < -0.3 is 24.5 Å². The van der Waals surface area contributed by atoms with E-state index in [4.69, 9.17) is 4.74 Å². The van der Waals surface area contributed by atoms with Crippen LogP contribution in [0.4, 0.5) is 0 Å². The van der Waals surface area contributed by atoms with Gasteiger partial charge in [-0.1, -0.05) is 62.8 Å². The van der Waals surface area contributed by atoms with Crippen LogP contribution in [0.3, 0.4) is 0 Å². The van der Waals surface area contributed by atoms with Crippen LogP contribution in [0, 0.1) is 11.8 Å². The highest BCUT2D eigenvalue weighted by molar-refractivity contribution is 5.99. The maximum absolute atomic E-state index is 14.7. The quantitative estimate of drug-likeness (QED) is 0.318. The highest BCUT2D eigenvalue weighted by Crippen LogP contribution is 2.64. The van der Waals surface area contributed by atoms with E-state index in [-0.39, 0.29) is 30.4 Å². The van der Waals surface area contributed by atoms with E-state index >= 15 is 0 Å². The second-order valence-corrected chi connectivity index (χ2v) is 12.5. The third kappa shape index (κ3) is 5.44.